The average Bonchev–Trinajstić information content (AvgIpc) is 2.80. The minimum atomic E-state index is -3.96. The lowest BCUT2D eigenvalue weighted by atomic mass is 9.95. The Morgan fingerprint density at radius 3 is 2.63 bits per heavy atom. The largest absolute Gasteiger partial charge is 0.480 e. The fourth-order valence-corrected chi connectivity index (χ4v) is 5.79. The van der Waals surface area contributed by atoms with Crippen LogP contribution < -0.4 is 5.32 Å². The molecule has 2 amide bonds. The highest BCUT2D eigenvalue weighted by Crippen LogP contribution is 2.48. The van der Waals surface area contributed by atoms with Gasteiger partial charge in [0.15, 0.2) is 21.3 Å². The normalized spacial score (nSPS) is 25.2. The molecule has 3 heterocycles. The number of sulfone groups is 1. The van der Waals surface area contributed by atoms with Crippen molar-refractivity contribution in [1.29, 1.82) is 0 Å². The standard InChI is InChI=1S/C19H24N4O6S/c1-19(2)14(18(26)27)23-16(25)13(17(23)30(19,28)29)10-12-9-11(5-6-20-12)15(24)21-7-8-22(3)4/h5-6,9-10,14,17H,7-8H2,1-4H3,(H,21,24)(H,26,27)/b13-10-/t14-,17+/m0/s1. The highest BCUT2D eigenvalue weighted by atomic mass is 32.2. The van der Waals surface area contributed by atoms with E-state index in [2.05, 4.69) is 10.3 Å². The molecule has 2 aliphatic rings. The third kappa shape index (κ3) is 3.37. The SMILES string of the molecule is CN(C)CCNC(=O)c1ccnc(/C=C2/C(=O)N3[C@@H](C(=O)O)C(C)(C)S(=O)(=O)[C@H]23)c1. The van der Waals surface area contributed by atoms with Crippen LogP contribution in [0.2, 0.25) is 0 Å². The quantitative estimate of drug-likeness (QED) is 0.453. The number of β-lactam (4-membered cyclic amide) rings is 1. The molecule has 11 heteroatoms. The molecule has 2 atom stereocenters. The summed E-state index contributed by atoms with van der Waals surface area (Å²) in [6.07, 6.45) is 2.69. The minimum Gasteiger partial charge on any atom is -0.480 e. The second-order valence-corrected chi connectivity index (χ2v) is 10.7. The summed E-state index contributed by atoms with van der Waals surface area (Å²) in [7, 11) is -0.196. The minimum absolute atomic E-state index is 0.0514. The predicted octanol–water partition coefficient (Wildman–Crippen LogP) is -0.415. The maximum atomic E-state index is 12.9. The summed E-state index contributed by atoms with van der Waals surface area (Å²) in [6.45, 7) is 3.73. The Bertz CT molecular complexity index is 1050. The monoisotopic (exact) mass is 436 g/mol. The van der Waals surface area contributed by atoms with E-state index in [4.69, 9.17) is 0 Å². The number of hydrogen-bond donors (Lipinski definition) is 2. The molecule has 1 aromatic rings. The number of amides is 2. The van der Waals surface area contributed by atoms with Crippen molar-refractivity contribution < 1.29 is 27.9 Å². The number of aromatic nitrogens is 1. The number of rotatable bonds is 6. The Labute approximate surface area is 174 Å². The van der Waals surface area contributed by atoms with E-state index in [1.807, 2.05) is 19.0 Å². The molecule has 0 aliphatic carbocycles. The van der Waals surface area contributed by atoms with Crippen LogP contribution in [-0.4, -0.2) is 89.4 Å². The zero-order chi connectivity index (χ0) is 22.4. The van der Waals surface area contributed by atoms with E-state index in [0.29, 0.717) is 18.7 Å². The molecule has 2 saturated heterocycles. The van der Waals surface area contributed by atoms with Crippen molar-refractivity contribution in [3.8, 4) is 0 Å². The van der Waals surface area contributed by atoms with Gasteiger partial charge in [0.1, 0.15) is 4.75 Å². The van der Waals surface area contributed by atoms with E-state index in [9.17, 15) is 27.9 Å². The van der Waals surface area contributed by atoms with Crippen LogP contribution in [0.3, 0.4) is 0 Å². The third-order valence-corrected chi connectivity index (χ3v) is 8.15. The smallest absolute Gasteiger partial charge is 0.328 e. The van der Waals surface area contributed by atoms with Gasteiger partial charge in [0.2, 0.25) is 0 Å². The van der Waals surface area contributed by atoms with Crippen LogP contribution in [0.15, 0.2) is 23.9 Å². The Balaban J connectivity index is 1.88. The molecule has 2 fully saturated rings. The van der Waals surface area contributed by atoms with Crippen LogP contribution in [0.4, 0.5) is 0 Å². The van der Waals surface area contributed by atoms with Gasteiger partial charge in [0.25, 0.3) is 11.8 Å². The lowest BCUT2D eigenvalue weighted by Gasteiger charge is -2.37. The molecule has 0 aromatic carbocycles. The molecule has 1 aromatic heterocycles. The molecule has 0 spiro atoms. The number of fused-ring (bicyclic) bond motifs is 1. The van der Waals surface area contributed by atoms with Gasteiger partial charge in [-0.1, -0.05) is 0 Å². The number of hydrogen-bond acceptors (Lipinski definition) is 7. The number of carboxylic acid groups (broad SMARTS) is 1. The second-order valence-electron chi connectivity index (χ2n) is 8.08. The number of pyridine rings is 1. The summed E-state index contributed by atoms with van der Waals surface area (Å²) in [5.41, 5.74) is 0.506. The van der Waals surface area contributed by atoms with Crippen LogP contribution in [-0.2, 0) is 19.4 Å². The summed E-state index contributed by atoms with van der Waals surface area (Å²) in [4.78, 5) is 43.4. The maximum absolute atomic E-state index is 12.9. The molecule has 162 valence electrons. The van der Waals surface area contributed by atoms with Crippen LogP contribution in [0.25, 0.3) is 6.08 Å². The van der Waals surface area contributed by atoms with Gasteiger partial charge in [-0.2, -0.15) is 0 Å². The molecule has 2 aliphatic heterocycles. The van der Waals surface area contributed by atoms with Gasteiger partial charge in [-0.15, -0.1) is 0 Å². The zero-order valence-electron chi connectivity index (χ0n) is 17.1. The summed E-state index contributed by atoms with van der Waals surface area (Å²) < 4.78 is 24.2. The molecule has 0 bridgehead atoms. The van der Waals surface area contributed by atoms with E-state index >= 15 is 0 Å². The van der Waals surface area contributed by atoms with Gasteiger partial charge in [0.05, 0.1) is 11.3 Å². The van der Waals surface area contributed by atoms with Crippen LogP contribution in [0.5, 0.6) is 0 Å². The predicted molar refractivity (Wildman–Crippen MR) is 108 cm³/mol. The van der Waals surface area contributed by atoms with Crippen molar-refractivity contribution in [3.05, 3.63) is 35.2 Å². The molecule has 0 radical (unpaired) electrons. The summed E-state index contributed by atoms with van der Waals surface area (Å²) in [5, 5.41) is 10.9. The summed E-state index contributed by atoms with van der Waals surface area (Å²) in [6, 6.07) is 1.51. The summed E-state index contributed by atoms with van der Waals surface area (Å²) >= 11 is 0. The second kappa shape index (κ2) is 7.47. The molecule has 30 heavy (non-hydrogen) atoms. The lowest BCUT2D eigenvalue weighted by molar-refractivity contribution is -0.152. The third-order valence-electron chi connectivity index (χ3n) is 5.39. The van der Waals surface area contributed by atoms with Crippen molar-refractivity contribution in [2.24, 2.45) is 0 Å². The fraction of sp³-hybridized carbons (Fsp3) is 0.474. The van der Waals surface area contributed by atoms with E-state index in [-0.39, 0.29) is 17.2 Å². The molecule has 2 N–H and O–H groups in total. The first kappa shape index (κ1) is 21.9. The van der Waals surface area contributed by atoms with E-state index in [0.717, 1.165) is 4.90 Å². The number of aliphatic carboxylic acids is 1. The number of likely N-dealkylation sites (N-methyl/N-ethyl adjacent to an activating group) is 1. The van der Waals surface area contributed by atoms with E-state index < -0.39 is 37.9 Å². The first-order valence-electron chi connectivity index (χ1n) is 9.29. The van der Waals surface area contributed by atoms with Gasteiger partial charge in [-0.05, 0) is 46.2 Å². The number of carboxylic acids is 1. The Hall–Kier alpha value is -2.79. The van der Waals surface area contributed by atoms with Gasteiger partial charge in [0, 0.05) is 24.8 Å². The molecule has 3 rings (SSSR count). The number of carbonyl (C=O) groups excluding carboxylic acids is 2. The Kier molecular flexibility index (Phi) is 5.46. The van der Waals surface area contributed by atoms with Gasteiger partial charge >= 0.3 is 5.97 Å². The van der Waals surface area contributed by atoms with Crippen molar-refractivity contribution in [3.63, 3.8) is 0 Å². The van der Waals surface area contributed by atoms with Gasteiger partial charge in [-0.3, -0.25) is 14.6 Å². The van der Waals surface area contributed by atoms with E-state index in [1.54, 1.807) is 0 Å². The number of nitrogens with one attached hydrogen (secondary N) is 1. The maximum Gasteiger partial charge on any atom is 0.328 e. The van der Waals surface area contributed by atoms with Gasteiger partial charge in [-0.25, -0.2) is 13.2 Å². The number of nitrogens with zero attached hydrogens (tertiary/aromatic N) is 3. The topological polar surface area (TPSA) is 137 Å². The highest BCUT2D eigenvalue weighted by Gasteiger charge is 2.70. The van der Waals surface area contributed by atoms with Crippen molar-refractivity contribution in [2.45, 2.75) is 30.0 Å². The van der Waals surface area contributed by atoms with Crippen molar-refractivity contribution >= 4 is 33.7 Å². The van der Waals surface area contributed by atoms with Crippen molar-refractivity contribution in [1.82, 2.24) is 20.1 Å². The van der Waals surface area contributed by atoms with Crippen LogP contribution >= 0.6 is 0 Å². The van der Waals surface area contributed by atoms with Gasteiger partial charge < -0.3 is 20.2 Å². The average molecular weight is 436 g/mol. The fourth-order valence-electron chi connectivity index (χ4n) is 3.66. The Morgan fingerprint density at radius 1 is 1.37 bits per heavy atom. The number of carbonyl (C=O) groups is 3. The first-order valence-corrected chi connectivity index (χ1v) is 10.8. The highest BCUT2D eigenvalue weighted by molar-refractivity contribution is 7.94. The van der Waals surface area contributed by atoms with E-state index in [1.165, 1.54) is 38.3 Å². The molecular formula is C19H24N4O6S. The van der Waals surface area contributed by atoms with Crippen molar-refractivity contribution in [2.75, 3.05) is 27.2 Å². The zero-order valence-corrected chi connectivity index (χ0v) is 17.9. The summed E-state index contributed by atoms with van der Waals surface area (Å²) in [5.74, 6) is -2.35. The molecule has 0 saturated carbocycles. The molecule has 0 unspecified atom stereocenters. The molecule has 10 nitrogen and oxygen atoms in total. The lowest BCUT2D eigenvalue weighted by Crippen LogP contribution is -2.58. The van der Waals surface area contributed by atoms with Crippen LogP contribution in [0, 0.1) is 0 Å². The van der Waals surface area contributed by atoms with Crippen LogP contribution in [0.1, 0.15) is 29.9 Å². The Morgan fingerprint density at radius 2 is 2.03 bits per heavy atom. The molecular weight excluding hydrogens is 412 g/mol. The first-order chi connectivity index (χ1) is 13.9.